The monoisotopic (exact) mass is 371 g/mol. The fourth-order valence-electron chi connectivity index (χ4n) is 4.16. The topological polar surface area (TPSA) is 43.9 Å². The van der Waals surface area contributed by atoms with Gasteiger partial charge < -0.3 is 9.80 Å². The molecule has 0 N–H and O–H groups in total. The minimum Gasteiger partial charge on any atom is -0.341 e. The lowest BCUT2D eigenvalue weighted by atomic mass is 10.1. The van der Waals surface area contributed by atoms with Crippen molar-refractivity contribution in [1.82, 2.24) is 14.7 Å². The van der Waals surface area contributed by atoms with E-state index in [1.807, 2.05) is 34.9 Å². The highest BCUT2D eigenvalue weighted by Crippen LogP contribution is 2.15. The summed E-state index contributed by atoms with van der Waals surface area (Å²) in [5.74, 6) is 0.495. The van der Waals surface area contributed by atoms with Gasteiger partial charge in [-0.15, -0.1) is 0 Å². The van der Waals surface area contributed by atoms with Crippen LogP contribution >= 0.6 is 0 Å². The molecule has 2 aliphatic rings. The summed E-state index contributed by atoms with van der Waals surface area (Å²) in [6.07, 6.45) is 5.79. The Kier molecular flexibility index (Phi) is 7.27. The lowest BCUT2D eigenvalue weighted by Gasteiger charge is -2.34. The molecule has 1 unspecified atom stereocenters. The summed E-state index contributed by atoms with van der Waals surface area (Å²) >= 11 is 0. The SMILES string of the molecule is CC(C(=O)N1CCCCC1)N1CCCN(C(=O)CCc2ccccc2)CC1. The lowest BCUT2D eigenvalue weighted by molar-refractivity contribution is -0.137. The fraction of sp³-hybridized carbons (Fsp3) is 0.636. The standard InChI is InChI=1S/C22H33N3O2/c1-19(22(27)25-13-6-3-7-14-25)23-15-8-16-24(18-17-23)21(26)12-11-20-9-4-2-5-10-20/h2,4-5,9-10,19H,3,6-8,11-18H2,1H3. The first kappa shape index (κ1) is 19.9. The van der Waals surface area contributed by atoms with Gasteiger partial charge in [0.05, 0.1) is 6.04 Å². The van der Waals surface area contributed by atoms with Crippen LogP contribution in [-0.2, 0) is 16.0 Å². The van der Waals surface area contributed by atoms with Crippen LogP contribution in [0.4, 0.5) is 0 Å². The van der Waals surface area contributed by atoms with E-state index in [9.17, 15) is 9.59 Å². The molecule has 2 amide bonds. The van der Waals surface area contributed by atoms with Crippen molar-refractivity contribution in [3.63, 3.8) is 0 Å². The Morgan fingerprint density at radius 3 is 2.30 bits per heavy atom. The van der Waals surface area contributed by atoms with Gasteiger partial charge >= 0.3 is 0 Å². The van der Waals surface area contributed by atoms with Gasteiger partial charge in [0.1, 0.15) is 0 Å². The highest BCUT2D eigenvalue weighted by molar-refractivity contribution is 5.81. The second-order valence-corrected chi connectivity index (χ2v) is 7.82. The van der Waals surface area contributed by atoms with Crippen LogP contribution in [0.15, 0.2) is 30.3 Å². The molecule has 5 nitrogen and oxygen atoms in total. The van der Waals surface area contributed by atoms with Crippen LogP contribution in [-0.4, -0.2) is 71.8 Å². The van der Waals surface area contributed by atoms with Gasteiger partial charge in [-0.05, 0) is 44.6 Å². The molecule has 27 heavy (non-hydrogen) atoms. The van der Waals surface area contributed by atoms with E-state index in [0.717, 1.165) is 65.0 Å². The minimum atomic E-state index is -0.0810. The molecule has 0 radical (unpaired) electrons. The number of amides is 2. The highest BCUT2D eigenvalue weighted by Gasteiger charge is 2.29. The van der Waals surface area contributed by atoms with E-state index >= 15 is 0 Å². The van der Waals surface area contributed by atoms with Crippen molar-refractivity contribution in [1.29, 1.82) is 0 Å². The Hall–Kier alpha value is -1.88. The van der Waals surface area contributed by atoms with Crippen LogP contribution < -0.4 is 0 Å². The molecule has 0 bridgehead atoms. The fourth-order valence-corrected chi connectivity index (χ4v) is 4.16. The number of piperidine rings is 1. The summed E-state index contributed by atoms with van der Waals surface area (Å²) in [4.78, 5) is 31.7. The van der Waals surface area contributed by atoms with Crippen LogP contribution in [0.5, 0.6) is 0 Å². The lowest BCUT2D eigenvalue weighted by Crippen LogP contribution is -2.49. The van der Waals surface area contributed by atoms with E-state index in [-0.39, 0.29) is 17.9 Å². The third-order valence-corrected chi connectivity index (χ3v) is 5.93. The molecule has 2 aliphatic heterocycles. The quantitative estimate of drug-likeness (QED) is 0.799. The number of hydrogen-bond acceptors (Lipinski definition) is 3. The number of likely N-dealkylation sites (tertiary alicyclic amines) is 1. The summed E-state index contributed by atoms with van der Waals surface area (Å²) < 4.78 is 0. The Balaban J connectivity index is 1.47. The number of carbonyl (C=O) groups is 2. The molecule has 2 heterocycles. The molecule has 1 aromatic rings. The van der Waals surface area contributed by atoms with E-state index in [0.29, 0.717) is 6.42 Å². The van der Waals surface area contributed by atoms with Crippen LogP contribution in [0.1, 0.15) is 44.6 Å². The van der Waals surface area contributed by atoms with Gasteiger partial charge in [0.15, 0.2) is 0 Å². The third-order valence-electron chi connectivity index (χ3n) is 5.93. The predicted molar refractivity (Wildman–Crippen MR) is 107 cm³/mol. The van der Waals surface area contributed by atoms with Gasteiger partial charge in [0.25, 0.3) is 0 Å². The third kappa shape index (κ3) is 5.55. The first-order valence-corrected chi connectivity index (χ1v) is 10.5. The molecule has 0 aliphatic carbocycles. The van der Waals surface area contributed by atoms with Gasteiger partial charge in [-0.1, -0.05) is 30.3 Å². The largest absolute Gasteiger partial charge is 0.341 e. The van der Waals surface area contributed by atoms with E-state index in [1.165, 1.54) is 12.0 Å². The average Bonchev–Trinajstić information content (AvgIpc) is 2.98. The van der Waals surface area contributed by atoms with Crippen molar-refractivity contribution >= 4 is 11.8 Å². The van der Waals surface area contributed by atoms with Crippen LogP contribution in [0, 0.1) is 0 Å². The zero-order valence-corrected chi connectivity index (χ0v) is 16.6. The number of benzene rings is 1. The first-order chi connectivity index (χ1) is 13.1. The summed E-state index contributed by atoms with van der Waals surface area (Å²) in [6.45, 7) is 7.05. The number of rotatable bonds is 5. The molecule has 0 aromatic heterocycles. The number of carbonyl (C=O) groups excluding carboxylic acids is 2. The maximum atomic E-state index is 12.8. The summed E-state index contributed by atoms with van der Waals surface area (Å²) in [7, 11) is 0. The van der Waals surface area contributed by atoms with Gasteiger partial charge in [-0.25, -0.2) is 0 Å². The molecule has 5 heteroatoms. The summed E-state index contributed by atoms with van der Waals surface area (Å²) in [5, 5.41) is 0. The van der Waals surface area contributed by atoms with E-state index < -0.39 is 0 Å². The Labute approximate surface area is 163 Å². The van der Waals surface area contributed by atoms with Crippen LogP contribution in [0.25, 0.3) is 0 Å². The first-order valence-electron chi connectivity index (χ1n) is 10.5. The highest BCUT2D eigenvalue weighted by atomic mass is 16.2. The van der Waals surface area contributed by atoms with Crippen molar-refractivity contribution < 1.29 is 9.59 Å². The van der Waals surface area contributed by atoms with E-state index in [4.69, 9.17) is 0 Å². The molecular weight excluding hydrogens is 338 g/mol. The summed E-state index contributed by atoms with van der Waals surface area (Å²) in [6, 6.07) is 10.1. The summed E-state index contributed by atoms with van der Waals surface area (Å²) in [5.41, 5.74) is 1.21. The van der Waals surface area contributed by atoms with E-state index in [2.05, 4.69) is 17.0 Å². The smallest absolute Gasteiger partial charge is 0.239 e. The number of nitrogens with zero attached hydrogens (tertiary/aromatic N) is 3. The van der Waals surface area contributed by atoms with Crippen molar-refractivity contribution in [2.45, 2.75) is 51.5 Å². The molecule has 1 aromatic carbocycles. The predicted octanol–water partition coefficient (Wildman–Crippen LogP) is 2.55. The number of aryl methyl sites for hydroxylation is 1. The molecule has 148 valence electrons. The average molecular weight is 372 g/mol. The maximum absolute atomic E-state index is 12.8. The molecule has 0 spiro atoms. The molecule has 3 rings (SSSR count). The molecule has 1 atom stereocenters. The normalized spacial score (nSPS) is 20.2. The van der Waals surface area contributed by atoms with Gasteiger partial charge in [0, 0.05) is 45.7 Å². The van der Waals surface area contributed by atoms with Crippen molar-refractivity contribution in [3.05, 3.63) is 35.9 Å². The second kappa shape index (κ2) is 9.88. The second-order valence-electron chi connectivity index (χ2n) is 7.82. The maximum Gasteiger partial charge on any atom is 0.239 e. The van der Waals surface area contributed by atoms with Crippen LogP contribution in [0.3, 0.4) is 0 Å². The molecule has 2 saturated heterocycles. The Morgan fingerprint density at radius 2 is 1.56 bits per heavy atom. The van der Waals surface area contributed by atoms with Gasteiger partial charge in [0.2, 0.25) is 11.8 Å². The van der Waals surface area contributed by atoms with E-state index in [1.54, 1.807) is 0 Å². The zero-order chi connectivity index (χ0) is 19.1. The van der Waals surface area contributed by atoms with Gasteiger partial charge in [-0.2, -0.15) is 0 Å². The van der Waals surface area contributed by atoms with Crippen molar-refractivity contribution in [2.75, 3.05) is 39.3 Å². The van der Waals surface area contributed by atoms with Gasteiger partial charge in [-0.3, -0.25) is 14.5 Å². The minimum absolute atomic E-state index is 0.0810. The van der Waals surface area contributed by atoms with Crippen molar-refractivity contribution in [3.8, 4) is 0 Å². The molecule has 0 saturated carbocycles. The number of hydrogen-bond donors (Lipinski definition) is 0. The van der Waals surface area contributed by atoms with Crippen molar-refractivity contribution in [2.24, 2.45) is 0 Å². The Bertz CT molecular complexity index is 613. The Morgan fingerprint density at radius 1 is 0.852 bits per heavy atom. The molecule has 2 fully saturated rings. The molecular formula is C22H33N3O2. The zero-order valence-electron chi connectivity index (χ0n) is 16.6. The van der Waals surface area contributed by atoms with Crippen LogP contribution in [0.2, 0.25) is 0 Å².